The Hall–Kier alpha value is -1.10. The van der Waals surface area contributed by atoms with Crippen LogP contribution in [0.25, 0.3) is 0 Å². The summed E-state index contributed by atoms with van der Waals surface area (Å²) in [6, 6.07) is 0. The summed E-state index contributed by atoms with van der Waals surface area (Å²) >= 11 is 0. The average Bonchev–Trinajstić information content (AvgIpc) is 1.98. The van der Waals surface area contributed by atoms with Gasteiger partial charge >= 0.3 is 0 Å². The standard InChI is InChI=1S/C8H16N2O3/c1-5(2)3-7(12)10-4-6(11)8(9)13/h5-6,11H,3-4H2,1-2H3,(H2,9,13)(H,10,12). The fourth-order valence-electron chi connectivity index (χ4n) is 0.754. The topological polar surface area (TPSA) is 92.4 Å². The number of carbonyl (C=O) groups excluding carboxylic acids is 2. The van der Waals surface area contributed by atoms with Gasteiger partial charge in [0.2, 0.25) is 11.8 Å². The molecule has 13 heavy (non-hydrogen) atoms. The monoisotopic (exact) mass is 188 g/mol. The molecule has 5 heteroatoms. The van der Waals surface area contributed by atoms with Gasteiger partial charge in [-0.15, -0.1) is 0 Å². The lowest BCUT2D eigenvalue weighted by Crippen LogP contribution is -2.40. The van der Waals surface area contributed by atoms with E-state index in [4.69, 9.17) is 10.8 Å². The first-order chi connectivity index (χ1) is 5.93. The smallest absolute Gasteiger partial charge is 0.248 e. The molecule has 0 rings (SSSR count). The second-order valence-electron chi connectivity index (χ2n) is 3.32. The van der Waals surface area contributed by atoms with Gasteiger partial charge in [0.1, 0.15) is 6.10 Å². The van der Waals surface area contributed by atoms with E-state index in [1.807, 2.05) is 13.8 Å². The first-order valence-electron chi connectivity index (χ1n) is 4.17. The molecule has 0 saturated carbocycles. The molecule has 0 heterocycles. The fourth-order valence-corrected chi connectivity index (χ4v) is 0.754. The molecule has 0 aromatic heterocycles. The predicted octanol–water partition coefficient (Wildman–Crippen LogP) is -1.01. The van der Waals surface area contributed by atoms with Crippen LogP contribution >= 0.6 is 0 Å². The molecule has 0 aliphatic heterocycles. The number of primary amides is 1. The Labute approximate surface area is 77.3 Å². The molecule has 1 unspecified atom stereocenters. The first-order valence-corrected chi connectivity index (χ1v) is 4.17. The van der Waals surface area contributed by atoms with Crippen molar-refractivity contribution in [3.8, 4) is 0 Å². The zero-order chi connectivity index (χ0) is 10.4. The van der Waals surface area contributed by atoms with Crippen LogP contribution in [0.4, 0.5) is 0 Å². The van der Waals surface area contributed by atoms with Crippen LogP contribution in [0.3, 0.4) is 0 Å². The van der Waals surface area contributed by atoms with Crippen molar-refractivity contribution in [1.82, 2.24) is 5.32 Å². The fraction of sp³-hybridized carbons (Fsp3) is 0.750. The van der Waals surface area contributed by atoms with Crippen molar-refractivity contribution in [2.45, 2.75) is 26.4 Å². The highest BCUT2D eigenvalue weighted by Gasteiger charge is 2.12. The summed E-state index contributed by atoms with van der Waals surface area (Å²) in [5.41, 5.74) is 4.78. The molecular weight excluding hydrogens is 172 g/mol. The van der Waals surface area contributed by atoms with Crippen molar-refractivity contribution in [2.24, 2.45) is 11.7 Å². The van der Waals surface area contributed by atoms with Gasteiger partial charge in [-0.25, -0.2) is 0 Å². The van der Waals surface area contributed by atoms with Crippen molar-refractivity contribution in [1.29, 1.82) is 0 Å². The average molecular weight is 188 g/mol. The van der Waals surface area contributed by atoms with E-state index in [9.17, 15) is 9.59 Å². The van der Waals surface area contributed by atoms with Crippen molar-refractivity contribution < 1.29 is 14.7 Å². The quantitative estimate of drug-likeness (QED) is 0.516. The second-order valence-corrected chi connectivity index (χ2v) is 3.32. The SMILES string of the molecule is CC(C)CC(=O)NCC(O)C(N)=O. The Morgan fingerprint density at radius 3 is 2.38 bits per heavy atom. The highest BCUT2D eigenvalue weighted by Crippen LogP contribution is 1.97. The van der Waals surface area contributed by atoms with Gasteiger partial charge < -0.3 is 16.2 Å². The maximum Gasteiger partial charge on any atom is 0.248 e. The van der Waals surface area contributed by atoms with Crippen LogP contribution in [0.5, 0.6) is 0 Å². The highest BCUT2D eigenvalue weighted by molar-refractivity contribution is 5.80. The molecule has 2 amide bonds. The first kappa shape index (κ1) is 11.9. The Kier molecular flexibility index (Phi) is 5.06. The van der Waals surface area contributed by atoms with Crippen LogP contribution in [0.1, 0.15) is 20.3 Å². The number of aliphatic hydroxyl groups is 1. The summed E-state index contributed by atoms with van der Waals surface area (Å²) in [5, 5.41) is 11.3. The Bertz CT molecular complexity index is 192. The minimum absolute atomic E-state index is 0.110. The minimum Gasteiger partial charge on any atom is -0.381 e. The maximum absolute atomic E-state index is 11.0. The van der Waals surface area contributed by atoms with Crippen LogP contribution in [0.2, 0.25) is 0 Å². The number of hydrogen-bond acceptors (Lipinski definition) is 3. The van der Waals surface area contributed by atoms with Crippen molar-refractivity contribution >= 4 is 11.8 Å². The van der Waals surface area contributed by atoms with E-state index in [1.54, 1.807) is 0 Å². The van der Waals surface area contributed by atoms with E-state index in [0.29, 0.717) is 6.42 Å². The van der Waals surface area contributed by atoms with Crippen LogP contribution in [0.15, 0.2) is 0 Å². The summed E-state index contributed by atoms with van der Waals surface area (Å²) in [6.07, 6.45) is -0.915. The van der Waals surface area contributed by atoms with E-state index < -0.39 is 12.0 Å². The molecule has 0 radical (unpaired) electrons. The van der Waals surface area contributed by atoms with Gasteiger partial charge in [0.05, 0.1) is 6.54 Å². The molecule has 0 aromatic carbocycles. The molecule has 4 N–H and O–H groups in total. The van der Waals surface area contributed by atoms with Crippen LogP contribution in [-0.4, -0.2) is 29.6 Å². The number of hydrogen-bond donors (Lipinski definition) is 3. The number of rotatable bonds is 5. The largest absolute Gasteiger partial charge is 0.381 e. The Balaban J connectivity index is 3.64. The third-order valence-corrected chi connectivity index (χ3v) is 1.41. The summed E-state index contributed by atoms with van der Waals surface area (Å²) in [6.45, 7) is 3.70. The minimum atomic E-state index is -1.30. The van der Waals surface area contributed by atoms with Crippen LogP contribution < -0.4 is 11.1 Å². The normalized spacial score (nSPS) is 12.6. The van der Waals surface area contributed by atoms with Gasteiger partial charge in [0, 0.05) is 6.42 Å². The zero-order valence-electron chi connectivity index (χ0n) is 7.91. The van der Waals surface area contributed by atoms with Crippen molar-refractivity contribution in [2.75, 3.05) is 6.54 Å². The van der Waals surface area contributed by atoms with Crippen LogP contribution in [0, 0.1) is 5.92 Å². The van der Waals surface area contributed by atoms with Crippen molar-refractivity contribution in [3.63, 3.8) is 0 Å². The molecule has 76 valence electrons. The third kappa shape index (κ3) is 6.10. The molecule has 0 saturated heterocycles. The van der Waals surface area contributed by atoms with Gasteiger partial charge in [-0.2, -0.15) is 0 Å². The van der Waals surface area contributed by atoms with Gasteiger partial charge in [-0.3, -0.25) is 9.59 Å². The summed E-state index contributed by atoms with van der Waals surface area (Å²) < 4.78 is 0. The van der Waals surface area contributed by atoms with Crippen LogP contribution in [-0.2, 0) is 9.59 Å². The van der Waals surface area contributed by atoms with E-state index >= 15 is 0 Å². The van der Waals surface area contributed by atoms with E-state index in [-0.39, 0.29) is 18.4 Å². The molecular formula is C8H16N2O3. The Morgan fingerprint density at radius 2 is 2.00 bits per heavy atom. The van der Waals surface area contributed by atoms with Gasteiger partial charge in [0.25, 0.3) is 0 Å². The molecule has 0 fully saturated rings. The van der Waals surface area contributed by atoms with Gasteiger partial charge in [-0.05, 0) is 5.92 Å². The molecule has 0 aliphatic rings. The van der Waals surface area contributed by atoms with E-state index in [0.717, 1.165) is 0 Å². The van der Waals surface area contributed by atoms with Gasteiger partial charge in [0.15, 0.2) is 0 Å². The number of amides is 2. The predicted molar refractivity (Wildman–Crippen MR) is 47.7 cm³/mol. The zero-order valence-corrected chi connectivity index (χ0v) is 7.91. The lowest BCUT2D eigenvalue weighted by atomic mass is 10.1. The molecule has 0 spiro atoms. The molecule has 5 nitrogen and oxygen atoms in total. The lowest BCUT2D eigenvalue weighted by Gasteiger charge is -2.09. The highest BCUT2D eigenvalue weighted by atomic mass is 16.3. The molecule has 0 aromatic rings. The number of carbonyl (C=O) groups is 2. The van der Waals surface area contributed by atoms with E-state index in [1.165, 1.54) is 0 Å². The third-order valence-electron chi connectivity index (χ3n) is 1.41. The molecule has 1 atom stereocenters. The number of nitrogens with two attached hydrogens (primary N) is 1. The molecule has 0 bridgehead atoms. The Morgan fingerprint density at radius 1 is 1.46 bits per heavy atom. The summed E-state index contributed by atoms with van der Waals surface area (Å²) in [5.74, 6) is -0.758. The lowest BCUT2D eigenvalue weighted by molar-refractivity contribution is -0.127. The number of aliphatic hydroxyl groups excluding tert-OH is 1. The van der Waals surface area contributed by atoms with Gasteiger partial charge in [-0.1, -0.05) is 13.8 Å². The molecule has 0 aliphatic carbocycles. The maximum atomic E-state index is 11.0. The number of nitrogens with one attached hydrogen (secondary N) is 1. The van der Waals surface area contributed by atoms with Crippen molar-refractivity contribution in [3.05, 3.63) is 0 Å². The van der Waals surface area contributed by atoms with E-state index in [2.05, 4.69) is 5.32 Å². The summed E-state index contributed by atoms with van der Waals surface area (Å²) in [4.78, 5) is 21.4. The summed E-state index contributed by atoms with van der Waals surface area (Å²) in [7, 11) is 0. The second kappa shape index (κ2) is 5.53.